The van der Waals surface area contributed by atoms with Crippen molar-refractivity contribution in [2.75, 3.05) is 6.61 Å². The molecule has 2 heteroatoms. The van der Waals surface area contributed by atoms with Crippen LogP contribution < -0.4 is 0 Å². The molecular weight excluding hydrogens is 188 g/mol. The Kier molecular flexibility index (Phi) is 3.51. The maximum absolute atomic E-state index is 10.8. The maximum atomic E-state index is 10.8. The Morgan fingerprint density at radius 1 is 1.27 bits per heavy atom. The largest absolute Gasteiger partial charge is 0.465 e. The number of carbonyl (C=O) groups is 1. The van der Waals surface area contributed by atoms with Crippen LogP contribution in [0.5, 0.6) is 0 Å². The van der Waals surface area contributed by atoms with Gasteiger partial charge in [-0.1, -0.05) is 43.7 Å². The minimum atomic E-state index is -0.227. The van der Waals surface area contributed by atoms with Gasteiger partial charge in [-0.15, -0.1) is 0 Å². The Balaban J connectivity index is 2.76. The summed E-state index contributed by atoms with van der Waals surface area (Å²) in [5.74, 6) is -0.227. The lowest BCUT2D eigenvalue weighted by Gasteiger charge is -2.24. The van der Waals surface area contributed by atoms with Crippen LogP contribution in [0.25, 0.3) is 0 Å². The van der Waals surface area contributed by atoms with Gasteiger partial charge >= 0.3 is 5.97 Å². The van der Waals surface area contributed by atoms with E-state index in [0.29, 0.717) is 6.61 Å². The first-order valence-corrected chi connectivity index (χ1v) is 5.12. The minimum Gasteiger partial charge on any atom is -0.465 e. The summed E-state index contributed by atoms with van der Waals surface area (Å²) in [6.45, 7) is 8.06. The average Bonchev–Trinajstić information content (AvgIpc) is 2.16. The normalized spacial score (nSPS) is 11.2. The quantitative estimate of drug-likeness (QED) is 0.711. The van der Waals surface area contributed by atoms with Gasteiger partial charge in [-0.3, -0.25) is 4.79 Å². The Morgan fingerprint density at radius 3 is 2.27 bits per heavy atom. The van der Waals surface area contributed by atoms with Crippen LogP contribution >= 0.6 is 0 Å². The average molecular weight is 206 g/mol. The summed E-state index contributed by atoms with van der Waals surface area (Å²) in [6, 6.07) is 8.31. The summed E-state index contributed by atoms with van der Waals surface area (Å²) in [7, 11) is 0. The van der Waals surface area contributed by atoms with E-state index in [1.165, 1.54) is 18.1 Å². The molecule has 0 unspecified atom stereocenters. The third-order valence-electron chi connectivity index (χ3n) is 2.47. The molecule has 1 rings (SSSR count). The predicted molar refractivity (Wildman–Crippen MR) is 60.8 cm³/mol. The third kappa shape index (κ3) is 3.39. The standard InChI is InChI=1S/C13H18O2/c1-10-5-7-12(8-6-10)13(3,4)9-15-11(2)14/h5-8H,9H2,1-4H3. The molecule has 0 saturated carbocycles. The molecule has 0 saturated heterocycles. The van der Waals surface area contributed by atoms with Crippen LogP contribution in [0.2, 0.25) is 0 Å². The molecule has 1 aromatic carbocycles. The first-order valence-electron chi connectivity index (χ1n) is 5.12. The number of rotatable bonds is 3. The van der Waals surface area contributed by atoms with Crippen LogP contribution in [-0.4, -0.2) is 12.6 Å². The van der Waals surface area contributed by atoms with Crippen molar-refractivity contribution < 1.29 is 9.53 Å². The van der Waals surface area contributed by atoms with E-state index >= 15 is 0 Å². The van der Waals surface area contributed by atoms with Crippen molar-refractivity contribution in [3.8, 4) is 0 Å². The molecule has 0 heterocycles. The molecular formula is C13H18O2. The van der Waals surface area contributed by atoms with Gasteiger partial charge in [-0.05, 0) is 12.5 Å². The first-order chi connectivity index (χ1) is 6.92. The van der Waals surface area contributed by atoms with Crippen LogP contribution in [0.4, 0.5) is 0 Å². The van der Waals surface area contributed by atoms with Crippen LogP contribution in [0.3, 0.4) is 0 Å². The fraction of sp³-hybridized carbons (Fsp3) is 0.462. The zero-order valence-corrected chi connectivity index (χ0v) is 9.83. The number of aryl methyl sites for hydroxylation is 1. The SMILES string of the molecule is CC(=O)OCC(C)(C)c1ccc(C)cc1. The van der Waals surface area contributed by atoms with Crippen LogP contribution in [0.15, 0.2) is 24.3 Å². The van der Waals surface area contributed by atoms with E-state index in [2.05, 4.69) is 45.0 Å². The van der Waals surface area contributed by atoms with E-state index in [4.69, 9.17) is 4.74 Å². The highest BCUT2D eigenvalue weighted by molar-refractivity contribution is 5.66. The minimum absolute atomic E-state index is 0.126. The van der Waals surface area contributed by atoms with E-state index in [0.717, 1.165) is 0 Å². The Hall–Kier alpha value is -1.31. The van der Waals surface area contributed by atoms with E-state index in [1.54, 1.807) is 0 Å². The van der Waals surface area contributed by atoms with Gasteiger partial charge in [0.05, 0.1) is 0 Å². The number of benzene rings is 1. The number of carbonyl (C=O) groups excluding carboxylic acids is 1. The van der Waals surface area contributed by atoms with Gasteiger partial charge in [0.1, 0.15) is 6.61 Å². The van der Waals surface area contributed by atoms with Crippen molar-refractivity contribution in [1.29, 1.82) is 0 Å². The second-order valence-electron chi connectivity index (χ2n) is 4.53. The smallest absolute Gasteiger partial charge is 0.302 e. The van der Waals surface area contributed by atoms with Gasteiger partial charge in [0.15, 0.2) is 0 Å². The molecule has 15 heavy (non-hydrogen) atoms. The predicted octanol–water partition coefficient (Wildman–Crippen LogP) is 2.84. The highest BCUT2D eigenvalue weighted by Gasteiger charge is 2.21. The monoisotopic (exact) mass is 206 g/mol. The molecule has 82 valence electrons. The molecule has 0 N–H and O–H groups in total. The number of hydrogen-bond donors (Lipinski definition) is 0. The molecule has 2 nitrogen and oxygen atoms in total. The van der Waals surface area contributed by atoms with Crippen molar-refractivity contribution in [3.05, 3.63) is 35.4 Å². The molecule has 0 bridgehead atoms. The lowest BCUT2D eigenvalue weighted by Crippen LogP contribution is -2.25. The summed E-state index contributed by atoms with van der Waals surface area (Å²) in [4.78, 5) is 10.8. The van der Waals surface area contributed by atoms with Crippen molar-refractivity contribution in [3.63, 3.8) is 0 Å². The van der Waals surface area contributed by atoms with Crippen LogP contribution in [-0.2, 0) is 14.9 Å². The number of esters is 1. The molecule has 0 fully saturated rings. The van der Waals surface area contributed by atoms with Gasteiger partial charge < -0.3 is 4.74 Å². The zero-order chi connectivity index (χ0) is 11.5. The Labute approximate surface area is 91.3 Å². The fourth-order valence-electron chi connectivity index (χ4n) is 1.37. The molecule has 0 aliphatic heterocycles. The second kappa shape index (κ2) is 4.47. The van der Waals surface area contributed by atoms with E-state index in [9.17, 15) is 4.79 Å². The van der Waals surface area contributed by atoms with E-state index in [1.807, 2.05) is 0 Å². The number of ether oxygens (including phenoxy) is 1. The molecule has 0 aromatic heterocycles. The molecule has 1 aromatic rings. The zero-order valence-electron chi connectivity index (χ0n) is 9.83. The Bertz CT molecular complexity index is 336. The van der Waals surface area contributed by atoms with Crippen molar-refractivity contribution in [2.45, 2.75) is 33.1 Å². The lowest BCUT2D eigenvalue weighted by atomic mass is 9.85. The van der Waals surface area contributed by atoms with Gasteiger partial charge in [0.2, 0.25) is 0 Å². The Morgan fingerprint density at radius 2 is 1.80 bits per heavy atom. The van der Waals surface area contributed by atoms with Crippen molar-refractivity contribution >= 4 is 5.97 Å². The van der Waals surface area contributed by atoms with Gasteiger partial charge in [-0.2, -0.15) is 0 Å². The van der Waals surface area contributed by atoms with Gasteiger partial charge in [-0.25, -0.2) is 0 Å². The second-order valence-corrected chi connectivity index (χ2v) is 4.53. The molecule has 0 radical (unpaired) electrons. The highest BCUT2D eigenvalue weighted by atomic mass is 16.5. The fourth-order valence-corrected chi connectivity index (χ4v) is 1.37. The molecule has 0 aliphatic carbocycles. The summed E-state index contributed by atoms with van der Waals surface area (Å²) in [6.07, 6.45) is 0. The first kappa shape index (κ1) is 11.8. The molecule has 0 amide bonds. The van der Waals surface area contributed by atoms with E-state index < -0.39 is 0 Å². The van der Waals surface area contributed by atoms with Crippen LogP contribution in [0, 0.1) is 6.92 Å². The van der Waals surface area contributed by atoms with Gasteiger partial charge in [0.25, 0.3) is 0 Å². The lowest BCUT2D eigenvalue weighted by molar-refractivity contribution is -0.142. The summed E-state index contributed by atoms with van der Waals surface area (Å²) in [5.41, 5.74) is 2.30. The molecule has 0 atom stereocenters. The van der Waals surface area contributed by atoms with E-state index in [-0.39, 0.29) is 11.4 Å². The van der Waals surface area contributed by atoms with Crippen molar-refractivity contribution in [1.82, 2.24) is 0 Å². The summed E-state index contributed by atoms with van der Waals surface area (Å²) in [5, 5.41) is 0. The van der Waals surface area contributed by atoms with Gasteiger partial charge in [0, 0.05) is 12.3 Å². The molecule has 0 spiro atoms. The highest BCUT2D eigenvalue weighted by Crippen LogP contribution is 2.23. The number of hydrogen-bond acceptors (Lipinski definition) is 2. The summed E-state index contributed by atoms with van der Waals surface area (Å²) >= 11 is 0. The maximum Gasteiger partial charge on any atom is 0.302 e. The topological polar surface area (TPSA) is 26.3 Å². The molecule has 0 aliphatic rings. The van der Waals surface area contributed by atoms with Crippen molar-refractivity contribution in [2.24, 2.45) is 0 Å². The summed E-state index contributed by atoms with van der Waals surface area (Å²) < 4.78 is 5.05. The van der Waals surface area contributed by atoms with Crippen LogP contribution in [0.1, 0.15) is 31.9 Å². The third-order valence-corrected chi connectivity index (χ3v) is 2.47.